The number of hydrogen-bond acceptors (Lipinski definition) is 3. The highest BCUT2D eigenvalue weighted by molar-refractivity contribution is 5.74. The third-order valence-corrected chi connectivity index (χ3v) is 2.59. The zero-order valence-electron chi connectivity index (χ0n) is 11.8. The summed E-state index contributed by atoms with van der Waals surface area (Å²) >= 11 is 0. The topological polar surface area (TPSA) is 72.6 Å². The zero-order chi connectivity index (χ0) is 14.5. The third kappa shape index (κ3) is 6.36. The van der Waals surface area contributed by atoms with Crippen molar-refractivity contribution >= 4 is 5.91 Å². The lowest BCUT2D eigenvalue weighted by atomic mass is 10.0. The predicted molar refractivity (Wildman–Crippen MR) is 74.4 cm³/mol. The highest BCUT2D eigenvalue weighted by atomic mass is 16.6. The number of carbonyl (C=O) groups is 1. The molecule has 106 valence electrons. The fourth-order valence-electron chi connectivity index (χ4n) is 2.00. The van der Waals surface area contributed by atoms with Crippen LogP contribution in [0.25, 0.3) is 0 Å². The second-order valence-corrected chi connectivity index (χ2v) is 5.79. The Morgan fingerprint density at radius 3 is 2.32 bits per heavy atom. The number of nitrogens with two attached hydrogens (primary N) is 1. The summed E-state index contributed by atoms with van der Waals surface area (Å²) in [5.41, 5.74) is 5.73. The van der Waals surface area contributed by atoms with E-state index >= 15 is 0 Å². The molecule has 0 bridgehead atoms. The molecule has 0 aliphatic heterocycles. The fourth-order valence-corrected chi connectivity index (χ4v) is 2.00. The summed E-state index contributed by atoms with van der Waals surface area (Å²) in [5, 5.41) is 10.5. The van der Waals surface area contributed by atoms with Crippen LogP contribution in [-0.4, -0.2) is 22.4 Å². The van der Waals surface area contributed by atoms with E-state index in [2.05, 4.69) is 0 Å². The quantitative estimate of drug-likeness (QED) is 0.773. The maximum Gasteiger partial charge on any atom is 0.222 e. The van der Waals surface area contributed by atoms with Crippen molar-refractivity contribution in [1.82, 2.24) is 0 Å². The number of benzene rings is 1. The molecular weight excluding hydrogens is 242 g/mol. The van der Waals surface area contributed by atoms with Crippen LogP contribution in [0.15, 0.2) is 30.3 Å². The summed E-state index contributed by atoms with van der Waals surface area (Å²) in [5.74, 6) is -2.08. The minimum Gasteiger partial charge on any atom is -0.370 e. The molecule has 0 aromatic heterocycles. The first-order valence-corrected chi connectivity index (χ1v) is 6.45. The van der Waals surface area contributed by atoms with Gasteiger partial charge in [0, 0.05) is 6.42 Å². The van der Waals surface area contributed by atoms with Crippen LogP contribution in [0.4, 0.5) is 0 Å². The zero-order valence-corrected chi connectivity index (χ0v) is 11.8. The summed E-state index contributed by atoms with van der Waals surface area (Å²) in [4.78, 5) is 11.1. The highest BCUT2D eigenvalue weighted by Gasteiger charge is 2.34. The van der Waals surface area contributed by atoms with Crippen molar-refractivity contribution in [3.05, 3.63) is 35.9 Å². The Labute approximate surface area is 114 Å². The van der Waals surface area contributed by atoms with Crippen LogP contribution in [0.3, 0.4) is 0 Å². The van der Waals surface area contributed by atoms with Gasteiger partial charge in [-0.3, -0.25) is 4.79 Å². The molecule has 0 aliphatic carbocycles. The average Bonchev–Trinajstić information content (AvgIpc) is 2.24. The van der Waals surface area contributed by atoms with Crippen molar-refractivity contribution in [1.29, 1.82) is 0 Å². The lowest BCUT2D eigenvalue weighted by molar-refractivity contribution is -0.255. The van der Waals surface area contributed by atoms with Crippen LogP contribution < -0.4 is 5.73 Å². The van der Waals surface area contributed by atoms with E-state index in [4.69, 9.17) is 10.5 Å². The predicted octanol–water partition coefficient (Wildman–Crippen LogP) is 2.00. The molecule has 0 radical (unpaired) electrons. The van der Waals surface area contributed by atoms with Crippen molar-refractivity contribution in [2.24, 2.45) is 5.73 Å². The monoisotopic (exact) mass is 265 g/mol. The molecule has 1 aromatic carbocycles. The first-order chi connectivity index (χ1) is 8.70. The largest absolute Gasteiger partial charge is 0.370 e. The van der Waals surface area contributed by atoms with Gasteiger partial charge in [0.15, 0.2) is 5.79 Å². The molecule has 1 atom stereocenters. The third-order valence-electron chi connectivity index (χ3n) is 2.59. The van der Waals surface area contributed by atoms with Crippen molar-refractivity contribution in [2.45, 2.75) is 51.4 Å². The minimum absolute atomic E-state index is 0.197. The van der Waals surface area contributed by atoms with E-state index in [-0.39, 0.29) is 6.42 Å². The Morgan fingerprint density at radius 1 is 1.26 bits per heavy atom. The Balaban J connectivity index is 2.71. The van der Waals surface area contributed by atoms with Crippen molar-refractivity contribution in [3.8, 4) is 0 Å². The van der Waals surface area contributed by atoms with Crippen molar-refractivity contribution < 1.29 is 14.6 Å². The van der Waals surface area contributed by atoms with Crippen molar-refractivity contribution in [3.63, 3.8) is 0 Å². The molecule has 0 aliphatic rings. The van der Waals surface area contributed by atoms with Crippen LogP contribution in [-0.2, 0) is 16.0 Å². The standard InChI is InChI=1S/C15H23NO3/c1-14(2,3)19-15(18,11-13(16)17)10-9-12-7-5-4-6-8-12/h4-8,18H,9-11H2,1-3H3,(H2,16,17). The van der Waals surface area contributed by atoms with Crippen LogP contribution in [0.5, 0.6) is 0 Å². The van der Waals surface area contributed by atoms with Crippen LogP contribution in [0.2, 0.25) is 0 Å². The van der Waals surface area contributed by atoms with Gasteiger partial charge in [-0.15, -0.1) is 0 Å². The van der Waals surface area contributed by atoms with Crippen LogP contribution >= 0.6 is 0 Å². The smallest absolute Gasteiger partial charge is 0.222 e. The summed E-state index contributed by atoms with van der Waals surface area (Å²) in [6.07, 6.45) is 0.759. The first-order valence-electron chi connectivity index (χ1n) is 6.45. The van der Waals surface area contributed by atoms with E-state index in [1.807, 2.05) is 51.1 Å². The number of carbonyl (C=O) groups excluding carboxylic acids is 1. The summed E-state index contributed by atoms with van der Waals surface area (Å²) in [7, 11) is 0. The maximum atomic E-state index is 11.1. The van der Waals surface area contributed by atoms with Gasteiger partial charge in [0.2, 0.25) is 5.91 Å². The van der Waals surface area contributed by atoms with Gasteiger partial charge in [-0.05, 0) is 32.8 Å². The number of primary amides is 1. The highest BCUT2D eigenvalue weighted by Crippen LogP contribution is 2.26. The fraction of sp³-hybridized carbons (Fsp3) is 0.533. The molecule has 1 aromatic rings. The molecule has 1 rings (SSSR count). The van der Waals surface area contributed by atoms with Gasteiger partial charge in [0.1, 0.15) is 0 Å². The van der Waals surface area contributed by atoms with E-state index in [0.717, 1.165) is 5.56 Å². The summed E-state index contributed by atoms with van der Waals surface area (Å²) < 4.78 is 5.61. The second kappa shape index (κ2) is 6.17. The molecule has 0 heterocycles. The normalized spacial score (nSPS) is 14.9. The Hall–Kier alpha value is -1.39. The number of ether oxygens (including phenoxy) is 1. The lowest BCUT2D eigenvalue weighted by Crippen LogP contribution is -2.43. The molecule has 0 spiro atoms. The molecule has 0 fully saturated rings. The van der Waals surface area contributed by atoms with Gasteiger partial charge in [-0.25, -0.2) is 0 Å². The molecule has 19 heavy (non-hydrogen) atoms. The van der Waals surface area contributed by atoms with Gasteiger partial charge in [-0.2, -0.15) is 0 Å². The molecule has 0 saturated heterocycles. The van der Waals surface area contributed by atoms with Crippen LogP contribution in [0, 0.1) is 0 Å². The number of hydrogen-bond donors (Lipinski definition) is 2. The van der Waals surface area contributed by atoms with Crippen LogP contribution in [0.1, 0.15) is 39.2 Å². The molecule has 0 saturated carbocycles. The van der Waals surface area contributed by atoms with Gasteiger partial charge in [0.05, 0.1) is 12.0 Å². The molecule has 1 amide bonds. The van der Waals surface area contributed by atoms with Gasteiger partial charge >= 0.3 is 0 Å². The van der Waals surface area contributed by atoms with E-state index < -0.39 is 17.3 Å². The Kier molecular flexibility index (Phi) is 5.09. The second-order valence-electron chi connectivity index (χ2n) is 5.79. The Morgan fingerprint density at radius 2 is 1.84 bits per heavy atom. The molecular formula is C15H23NO3. The number of amides is 1. The minimum atomic E-state index is -1.51. The van der Waals surface area contributed by atoms with E-state index in [1.54, 1.807) is 0 Å². The van der Waals surface area contributed by atoms with E-state index in [1.165, 1.54) is 0 Å². The SMILES string of the molecule is CC(C)(C)OC(O)(CCc1ccccc1)CC(N)=O. The molecule has 1 unspecified atom stereocenters. The lowest BCUT2D eigenvalue weighted by Gasteiger charge is -2.34. The van der Waals surface area contributed by atoms with Gasteiger partial charge in [0.25, 0.3) is 0 Å². The number of aliphatic hydroxyl groups is 1. The molecule has 3 N–H and O–H groups in total. The summed E-state index contributed by atoms with van der Waals surface area (Å²) in [6.45, 7) is 5.50. The van der Waals surface area contributed by atoms with E-state index in [9.17, 15) is 9.90 Å². The number of rotatable bonds is 6. The maximum absolute atomic E-state index is 11.1. The van der Waals surface area contributed by atoms with Gasteiger partial charge in [-0.1, -0.05) is 30.3 Å². The summed E-state index contributed by atoms with van der Waals surface area (Å²) in [6, 6.07) is 9.76. The van der Waals surface area contributed by atoms with Crippen molar-refractivity contribution in [2.75, 3.05) is 0 Å². The van der Waals surface area contributed by atoms with Gasteiger partial charge < -0.3 is 15.6 Å². The average molecular weight is 265 g/mol. The molecule has 4 heteroatoms. The first kappa shape index (κ1) is 15.7. The van der Waals surface area contributed by atoms with E-state index in [0.29, 0.717) is 12.8 Å². The Bertz CT molecular complexity index is 411. The number of aryl methyl sites for hydroxylation is 1. The molecule has 4 nitrogen and oxygen atoms in total.